The van der Waals surface area contributed by atoms with Crippen LogP contribution in [0.1, 0.15) is 46.4 Å². The molecule has 276 valence electrons. The Kier molecular flexibility index (Phi) is 12.4. The number of phenolic OH excluding ortho intramolecular Hbond substituents is 1. The van der Waals surface area contributed by atoms with E-state index in [0.29, 0.717) is 61.6 Å². The molecule has 8 nitrogen and oxygen atoms in total. The van der Waals surface area contributed by atoms with Gasteiger partial charge in [0.25, 0.3) is 6.48 Å². The standard InChI is InChI=1S/C46H44O8/c1-2-48-46-53-44(28-39-40(47)26-38(49-29-33-15-7-3-8-16-33)27-42(39)51-31-35-19-11-5-12-20-35)45(54-46)37-23-24-41(50-30-34-17-9-4-10-18-34)43(25-37)52-32-36-21-13-6-14-22-36/h3-27,44-47H,2,28-32H2,1H3. The minimum absolute atomic E-state index is 0.0300. The number of ether oxygens (including phenoxy) is 7. The molecule has 1 aliphatic rings. The Morgan fingerprint density at radius 3 is 1.56 bits per heavy atom. The van der Waals surface area contributed by atoms with Crippen molar-refractivity contribution in [2.75, 3.05) is 6.61 Å². The van der Waals surface area contributed by atoms with Gasteiger partial charge < -0.3 is 38.3 Å². The molecule has 0 radical (unpaired) electrons. The van der Waals surface area contributed by atoms with Crippen LogP contribution in [-0.2, 0) is 47.1 Å². The zero-order valence-electron chi connectivity index (χ0n) is 30.2. The summed E-state index contributed by atoms with van der Waals surface area (Å²) in [5, 5.41) is 11.5. The summed E-state index contributed by atoms with van der Waals surface area (Å²) in [7, 11) is 0. The molecule has 1 saturated heterocycles. The van der Waals surface area contributed by atoms with Crippen molar-refractivity contribution in [3.63, 3.8) is 0 Å². The van der Waals surface area contributed by atoms with Crippen molar-refractivity contribution in [1.29, 1.82) is 0 Å². The van der Waals surface area contributed by atoms with E-state index in [0.717, 1.165) is 27.8 Å². The van der Waals surface area contributed by atoms with Gasteiger partial charge >= 0.3 is 0 Å². The van der Waals surface area contributed by atoms with Gasteiger partial charge in [-0.15, -0.1) is 0 Å². The van der Waals surface area contributed by atoms with Crippen LogP contribution in [-0.4, -0.2) is 24.3 Å². The first-order valence-corrected chi connectivity index (χ1v) is 18.2. The van der Waals surface area contributed by atoms with Gasteiger partial charge in [0.15, 0.2) is 11.5 Å². The Hall–Kier alpha value is -5.80. The molecule has 3 atom stereocenters. The smallest absolute Gasteiger partial charge is 0.272 e. The third-order valence-corrected chi connectivity index (χ3v) is 9.00. The van der Waals surface area contributed by atoms with Crippen LogP contribution >= 0.6 is 0 Å². The molecular formula is C46H44O8. The average molecular weight is 725 g/mol. The SMILES string of the molecule is CCOC1OC(Cc2c(O)cc(OCc3ccccc3)cc2OCc2ccccc2)C(c2ccc(OCc3ccccc3)c(OCc3ccccc3)c2)O1. The van der Waals surface area contributed by atoms with Gasteiger partial charge in [0.05, 0.1) is 6.10 Å². The van der Waals surface area contributed by atoms with Crippen LogP contribution in [0.3, 0.4) is 0 Å². The van der Waals surface area contributed by atoms with E-state index in [1.54, 1.807) is 6.07 Å². The average Bonchev–Trinajstić information content (AvgIpc) is 3.62. The van der Waals surface area contributed by atoms with Gasteiger partial charge in [-0.3, -0.25) is 0 Å². The van der Waals surface area contributed by atoms with Gasteiger partial charge in [-0.2, -0.15) is 0 Å². The first-order valence-electron chi connectivity index (χ1n) is 18.2. The molecule has 1 N–H and O–H groups in total. The summed E-state index contributed by atoms with van der Waals surface area (Å²) < 4.78 is 43.8. The van der Waals surface area contributed by atoms with Gasteiger partial charge in [-0.1, -0.05) is 127 Å². The normalized spacial score (nSPS) is 16.5. The Morgan fingerprint density at radius 1 is 0.519 bits per heavy atom. The third-order valence-electron chi connectivity index (χ3n) is 9.00. The molecule has 54 heavy (non-hydrogen) atoms. The lowest BCUT2D eigenvalue weighted by atomic mass is 9.97. The van der Waals surface area contributed by atoms with E-state index < -0.39 is 18.7 Å². The van der Waals surface area contributed by atoms with Crippen LogP contribution in [0.15, 0.2) is 152 Å². The Labute approximate surface area is 316 Å². The topological polar surface area (TPSA) is 84.8 Å². The lowest BCUT2D eigenvalue weighted by Crippen LogP contribution is -2.20. The summed E-state index contributed by atoms with van der Waals surface area (Å²) in [5.74, 6) is 2.18. The Balaban J connectivity index is 1.17. The molecule has 3 unspecified atom stereocenters. The molecule has 6 aromatic rings. The van der Waals surface area contributed by atoms with Gasteiger partial charge in [-0.25, -0.2) is 0 Å². The third kappa shape index (κ3) is 9.79. The summed E-state index contributed by atoms with van der Waals surface area (Å²) in [5.41, 5.74) is 5.46. The van der Waals surface area contributed by atoms with Gasteiger partial charge in [0.2, 0.25) is 0 Å². The highest BCUT2D eigenvalue weighted by Crippen LogP contribution is 2.43. The second-order valence-corrected chi connectivity index (χ2v) is 12.9. The summed E-state index contributed by atoms with van der Waals surface area (Å²) in [6.45, 7) is 2.76. The lowest BCUT2D eigenvalue weighted by Gasteiger charge is -2.22. The van der Waals surface area contributed by atoms with E-state index in [1.165, 1.54) is 0 Å². The van der Waals surface area contributed by atoms with Crippen molar-refractivity contribution in [2.24, 2.45) is 0 Å². The molecule has 0 aliphatic carbocycles. The minimum atomic E-state index is -0.906. The molecule has 1 fully saturated rings. The molecule has 0 amide bonds. The summed E-state index contributed by atoms with van der Waals surface area (Å²) in [4.78, 5) is 0. The maximum absolute atomic E-state index is 11.5. The van der Waals surface area contributed by atoms with Crippen LogP contribution in [0.2, 0.25) is 0 Å². The zero-order chi connectivity index (χ0) is 37.0. The van der Waals surface area contributed by atoms with Crippen molar-refractivity contribution in [3.05, 3.63) is 185 Å². The predicted molar refractivity (Wildman–Crippen MR) is 205 cm³/mol. The first kappa shape index (κ1) is 36.6. The van der Waals surface area contributed by atoms with Crippen LogP contribution in [0, 0.1) is 0 Å². The molecule has 8 heteroatoms. The van der Waals surface area contributed by atoms with Crippen LogP contribution in [0.25, 0.3) is 0 Å². The number of hydrogen-bond acceptors (Lipinski definition) is 8. The fourth-order valence-electron chi connectivity index (χ4n) is 6.22. The molecule has 7 rings (SSSR count). The Bertz CT molecular complexity index is 2040. The van der Waals surface area contributed by atoms with Crippen molar-refractivity contribution in [2.45, 2.75) is 58.5 Å². The first-order chi connectivity index (χ1) is 26.6. The molecule has 0 spiro atoms. The van der Waals surface area contributed by atoms with Crippen LogP contribution in [0.5, 0.6) is 28.7 Å². The van der Waals surface area contributed by atoms with Crippen molar-refractivity contribution in [3.8, 4) is 28.7 Å². The maximum Gasteiger partial charge on any atom is 0.272 e. The number of hydrogen-bond donors (Lipinski definition) is 1. The fourth-order valence-corrected chi connectivity index (χ4v) is 6.22. The molecule has 1 heterocycles. The number of rotatable bonds is 17. The second kappa shape index (κ2) is 18.3. The summed E-state index contributed by atoms with van der Waals surface area (Å²) >= 11 is 0. The van der Waals surface area contributed by atoms with Gasteiger partial charge in [0.1, 0.15) is 49.8 Å². The second-order valence-electron chi connectivity index (χ2n) is 12.9. The van der Waals surface area contributed by atoms with E-state index in [2.05, 4.69) is 0 Å². The fraction of sp³-hybridized carbons (Fsp3) is 0.217. The zero-order valence-corrected chi connectivity index (χ0v) is 30.2. The monoisotopic (exact) mass is 724 g/mol. The molecular weight excluding hydrogens is 680 g/mol. The van der Waals surface area contributed by atoms with E-state index in [4.69, 9.17) is 33.2 Å². The van der Waals surface area contributed by atoms with Gasteiger partial charge in [0, 0.05) is 30.7 Å². The quantitative estimate of drug-likeness (QED) is 0.0996. The highest BCUT2D eigenvalue weighted by atomic mass is 16.9. The molecule has 1 aliphatic heterocycles. The van der Waals surface area contributed by atoms with Gasteiger partial charge in [-0.05, 0) is 46.9 Å². The Morgan fingerprint density at radius 2 is 1.02 bits per heavy atom. The molecule has 6 aromatic carbocycles. The van der Waals surface area contributed by atoms with E-state index in [9.17, 15) is 5.11 Å². The molecule has 0 bridgehead atoms. The van der Waals surface area contributed by atoms with Crippen LogP contribution < -0.4 is 18.9 Å². The summed E-state index contributed by atoms with van der Waals surface area (Å²) in [6.07, 6.45) is -0.866. The van der Waals surface area contributed by atoms with Crippen molar-refractivity contribution < 1.29 is 38.3 Å². The lowest BCUT2D eigenvalue weighted by molar-refractivity contribution is -0.240. The van der Waals surface area contributed by atoms with Crippen molar-refractivity contribution >= 4 is 0 Å². The maximum atomic E-state index is 11.5. The molecule has 0 saturated carbocycles. The molecule has 0 aromatic heterocycles. The van der Waals surface area contributed by atoms with E-state index in [-0.39, 0.29) is 12.2 Å². The number of benzene rings is 6. The predicted octanol–water partition coefficient (Wildman–Crippen LogP) is 9.73. The highest BCUT2D eigenvalue weighted by Gasteiger charge is 2.39. The van der Waals surface area contributed by atoms with Crippen molar-refractivity contribution in [1.82, 2.24) is 0 Å². The number of aromatic hydroxyl groups is 1. The largest absolute Gasteiger partial charge is 0.507 e. The van der Waals surface area contributed by atoms with Crippen LogP contribution in [0.4, 0.5) is 0 Å². The summed E-state index contributed by atoms with van der Waals surface area (Å²) in [6, 6.07) is 49.0. The van der Waals surface area contributed by atoms with E-state index >= 15 is 0 Å². The van der Waals surface area contributed by atoms with E-state index in [1.807, 2.05) is 153 Å². The highest BCUT2D eigenvalue weighted by molar-refractivity contribution is 5.51. The minimum Gasteiger partial charge on any atom is -0.507 e. The number of phenols is 1.